The van der Waals surface area contributed by atoms with E-state index in [9.17, 15) is 34.2 Å². The lowest BCUT2D eigenvalue weighted by Gasteiger charge is -2.17. The van der Waals surface area contributed by atoms with Gasteiger partial charge in [0.15, 0.2) is 5.78 Å². The fourth-order valence-electron chi connectivity index (χ4n) is 2.93. The van der Waals surface area contributed by atoms with E-state index in [0.29, 0.717) is 6.42 Å². The standard InChI is InChI=1S/C23H40N2O9/c1-15(2)13-17(22(29)30)5-7-21(28)25-18(23(31)32)6-8-20(27)24-9-10-33-11-12-34-14-19(26)16(3)4/h15-18H,5-14H2,1-4H3,(H,24,27)(H,25,28)(H,29,30)(H,31,32)/t17-,18+/m0/s1. The molecule has 0 aliphatic carbocycles. The summed E-state index contributed by atoms with van der Waals surface area (Å²) in [4.78, 5) is 58.1. The summed E-state index contributed by atoms with van der Waals surface area (Å²) in [6.45, 7) is 8.39. The van der Waals surface area contributed by atoms with Crippen LogP contribution >= 0.6 is 0 Å². The van der Waals surface area contributed by atoms with Crippen LogP contribution in [-0.4, -0.2) is 78.8 Å². The summed E-state index contributed by atoms with van der Waals surface area (Å²) in [7, 11) is 0. The molecule has 0 aromatic rings. The first-order chi connectivity index (χ1) is 15.9. The van der Waals surface area contributed by atoms with E-state index in [1.807, 2.05) is 13.8 Å². The fraction of sp³-hybridized carbons (Fsp3) is 0.783. The summed E-state index contributed by atoms with van der Waals surface area (Å²) < 4.78 is 10.5. The number of hydrogen-bond donors (Lipinski definition) is 4. The zero-order chi connectivity index (χ0) is 26.1. The minimum Gasteiger partial charge on any atom is -0.481 e. The average molecular weight is 489 g/mol. The first kappa shape index (κ1) is 31.5. The molecular formula is C23H40N2O9. The van der Waals surface area contributed by atoms with Crippen molar-refractivity contribution in [1.29, 1.82) is 0 Å². The zero-order valence-corrected chi connectivity index (χ0v) is 20.6. The van der Waals surface area contributed by atoms with E-state index >= 15 is 0 Å². The van der Waals surface area contributed by atoms with Crippen molar-refractivity contribution in [3.63, 3.8) is 0 Å². The Bertz CT molecular complexity index is 665. The molecule has 2 amide bonds. The first-order valence-electron chi connectivity index (χ1n) is 11.6. The number of carboxylic acids is 2. The lowest BCUT2D eigenvalue weighted by molar-refractivity contribution is -0.144. The van der Waals surface area contributed by atoms with Gasteiger partial charge in [-0.25, -0.2) is 4.79 Å². The second-order valence-electron chi connectivity index (χ2n) is 8.84. The minimum absolute atomic E-state index is 0.0127. The Hall–Kier alpha value is -2.53. The van der Waals surface area contributed by atoms with Crippen molar-refractivity contribution < 1.29 is 43.7 Å². The van der Waals surface area contributed by atoms with Crippen molar-refractivity contribution in [2.75, 3.05) is 33.0 Å². The first-order valence-corrected chi connectivity index (χ1v) is 11.6. The number of amides is 2. The van der Waals surface area contributed by atoms with Crippen molar-refractivity contribution in [2.45, 2.75) is 65.8 Å². The van der Waals surface area contributed by atoms with Gasteiger partial charge in [0.25, 0.3) is 0 Å². The van der Waals surface area contributed by atoms with Gasteiger partial charge in [-0.3, -0.25) is 19.2 Å². The highest BCUT2D eigenvalue weighted by Gasteiger charge is 2.24. The molecule has 11 nitrogen and oxygen atoms in total. The van der Waals surface area contributed by atoms with E-state index < -0.39 is 29.8 Å². The molecule has 34 heavy (non-hydrogen) atoms. The van der Waals surface area contributed by atoms with Crippen LogP contribution in [0.3, 0.4) is 0 Å². The molecule has 0 saturated carbocycles. The van der Waals surface area contributed by atoms with Crippen molar-refractivity contribution >= 4 is 29.5 Å². The Morgan fingerprint density at radius 2 is 1.41 bits per heavy atom. The summed E-state index contributed by atoms with van der Waals surface area (Å²) in [6.07, 6.45) is 0.236. The predicted molar refractivity (Wildman–Crippen MR) is 123 cm³/mol. The molecule has 0 bridgehead atoms. The van der Waals surface area contributed by atoms with E-state index in [1.54, 1.807) is 13.8 Å². The molecule has 2 atom stereocenters. The number of ether oxygens (including phenoxy) is 2. The highest BCUT2D eigenvalue weighted by molar-refractivity contribution is 5.84. The van der Waals surface area contributed by atoms with Crippen molar-refractivity contribution in [3.8, 4) is 0 Å². The van der Waals surface area contributed by atoms with Crippen LogP contribution in [0.2, 0.25) is 0 Å². The Morgan fingerprint density at radius 3 is 1.97 bits per heavy atom. The molecular weight excluding hydrogens is 448 g/mol. The van der Waals surface area contributed by atoms with Crippen LogP contribution in [0.4, 0.5) is 0 Å². The largest absolute Gasteiger partial charge is 0.481 e. The molecule has 0 fully saturated rings. The summed E-state index contributed by atoms with van der Waals surface area (Å²) in [5, 5.41) is 23.5. The lowest BCUT2D eigenvalue weighted by atomic mass is 9.93. The number of ketones is 1. The number of carbonyl (C=O) groups is 5. The van der Waals surface area contributed by atoms with Gasteiger partial charge >= 0.3 is 11.9 Å². The molecule has 0 aliphatic rings. The topological polar surface area (TPSA) is 168 Å². The van der Waals surface area contributed by atoms with E-state index in [0.717, 1.165) is 0 Å². The number of carboxylic acid groups (broad SMARTS) is 2. The number of nitrogens with one attached hydrogen (secondary N) is 2. The third kappa shape index (κ3) is 16.1. The van der Waals surface area contributed by atoms with Crippen LogP contribution in [-0.2, 0) is 33.4 Å². The van der Waals surface area contributed by atoms with Gasteiger partial charge in [-0.15, -0.1) is 0 Å². The molecule has 0 unspecified atom stereocenters. The molecule has 4 N–H and O–H groups in total. The third-order valence-corrected chi connectivity index (χ3v) is 4.95. The van der Waals surface area contributed by atoms with Crippen molar-refractivity contribution in [3.05, 3.63) is 0 Å². The summed E-state index contributed by atoms with van der Waals surface area (Å²) in [5.74, 6) is -3.77. The monoisotopic (exact) mass is 488 g/mol. The summed E-state index contributed by atoms with van der Waals surface area (Å²) in [6, 6.07) is -1.24. The van der Waals surface area contributed by atoms with Crippen LogP contribution in [0.5, 0.6) is 0 Å². The molecule has 0 aromatic carbocycles. The molecule has 196 valence electrons. The SMILES string of the molecule is CC(C)C[C@H](CCC(=O)N[C@H](CCC(=O)NCCOCCOCC(=O)C(C)C)C(=O)O)C(=O)O. The second-order valence-corrected chi connectivity index (χ2v) is 8.84. The van der Waals surface area contributed by atoms with Crippen molar-refractivity contribution in [1.82, 2.24) is 10.6 Å². The molecule has 0 heterocycles. The van der Waals surface area contributed by atoms with Gasteiger partial charge in [0.1, 0.15) is 12.6 Å². The minimum atomic E-state index is -1.27. The van der Waals surface area contributed by atoms with Gasteiger partial charge < -0.3 is 30.3 Å². The van der Waals surface area contributed by atoms with Gasteiger partial charge in [-0.05, 0) is 25.2 Å². The highest BCUT2D eigenvalue weighted by atomic mass is 16.5. The van der Waals surface area contributed by atoms with Crippen LogP contribution in [0.15, 0.2) is 0 Å². The van der Waals surface area contributed by atoms with Gasteiger partial charge in [0.05, 0.1) is 25.7 Å². The van der Waals surface area contributed by atoms with Crippen LogP contribution in [0, 0.1) is 17.8 Å². The summed E-state index contributed by atoms with van der Waals surface area (Å²) >= 11 is 0. The van der Waals surface area contributed by atoms with Crippen molar-refractivity contribution in [2.24, 2.45) is 17.8 Å². The van der Waals surface area contributed by atoms with Gasteiger partial charge in [-0.2, -0.15) is 0 Å². The van der Waals surface area contributed by atoms with Gasteiger partial charge in [0.2, 0.25) is 11.8 Å². The smallest absolute Gasteiger partial charge is 0.326 e. The lowest BCUT2D eigenvalue weighted by Crippen LogP contribution is -2.42. The number of carbonyl (C=O) groups excluding carboxylic acids is 3. The Labute approximate surface area is 200 Å². The van der Waals surface area contributed by atoms with Crippen LogP contribution in [0.25, 0.3) is 0 Å². The average Bonchev–Trinajstić information content (AvgIpc) is 2.74. The second kappa shape index (κ2) is 17.9. The van der Waals surface area contributed by atoms with E-state index in [2.05, 4.69) is 10.6 Å². The molecule has 0 spiro atoms. The predicted octanol–water partition coefficient (Wildman–Crippen LogP) is 1.24. The third-order valence-electron chi connectivity index (χ3n) is 4.95. The molecule has 0 aromatic heterocycles. The Morgan fingerprint density at radius 1 is 0.794 bits per heavy atom. The normalized spacial score (nSPS) is 12.9. The van der Waals surface area contributed by atoms with Crippen LogP contribution < -0.4 is 10.6 Å². The van der Waals surface area contributed by atoms with Gasteiger partial charge in [-0.1, -0.05) is 27.7 Å². The highest BCUT2D eigenvalue weighted by Crippen LogP contribution is 2.17. The Balaban J connectivity index is 4.12. The quantitative estimate of drug-likeness (QED) is 0.184. The molecule has 11 heteroatoms. The Kier molecular flexibility index (Phi) is 16.6. The van der Waals surface area contributed by atoms with E-state index in [4.69, 9.17) is 9.47 Å². The molecule has 0 rings (SSSR count). The molecule has 0 saturated heterocycles. The summed E-state index contributed by atoms with van der Waals surface area (Å²) in [5.41, 5.74) is 0. The molecule has 0 aliphatic heterocycles. The van der Waals surface area contributed by atoms with Gasteiger partial charge in [0, 0.05) is 25.3 Å². The van der Waals surface area contributed by atoms with E-state index in [-0.39, 0.29) is 82.2 Å². The zero-order valence-electron chi connectivity index (χ0n) is 20.6. The number of rotatable bonds is 20. The number of aliphatic carboxylic acids is 2. The maximum absolute atomic E-state index is 12.1. The maximum Gasteiger partial charge on any atom is 0.326 e. The molecule has 0 radical (unpaired) electrons. The van der Waals surface area contributed by atoms with Crippen LogP contribution in [0.1, 0.15) is 59.8 Å². The van der Waals surface area contributed by atoms with E-state index in [1.165, 1.54) is 0 Å². The fourth-order valence-corrected chi connectivity index (χ4v) is 2.93. The number of Topliss-reactive ketones (excluding diaryl/α,β-unsaturated/α-hetero) is 1. The number of hydrogen-bond acceptors (Lipinski definition) is 7. The maximum atomic E-state index is 12.1.